The van der Waals surface area contributed by atoms with Crippen molar-refractivity contribution in [3.05, 3.63) is 58.4 Å². The van der Waals surface area contributed by atoms with Gasteiger partial charge in [0.2, 0.25) is 5.95 Å². The van der Waals surface area contributed by atoms with Gasteiger partial charge in [0.15, 0.2) is 11.6 Å². The highest BCUT2D eigenvalue weighted by atomic mass is 19.2. The SMILES string of the molecule is O=[N+]([O-])c1ccc2c(c1)ncn2-c1nc2cc(F)c(F)cc2n1C1CC1. The second kappa shape index (κ2) is 5.07. The lowest BCUT2D eigenvalue weighted by Gasteiger charge is -2.08. The third-order valence-electron chi connectivity index (χ3n) is 4.58. The van der Waals surface area contributed by atoms with Crippen molar-refractivity contribution in [3.63, 3.8) is 0 Å². The summed E-state index contributed by atoms with van der Waals surface area (Å²) in [5.74, 6) is -1.38. The predicted octanol–water partition coefficient (Wildman–Crippen LogP) is 3.90. The highest BCUT2D eigenvalue weighted by Crippen LogP contribution is 2.40. The molecule has 0 N–H and O–H groups in total. The smallest absolute Gasteiger partial charge is 0.271 e. The molecule has 130 valence electrons. The van der Waals surface area contributed by atoms with Crippen molar-refractivity contribution < 1.29 is 13.7 Å². The van der Waals surface area contributed by atoms with E-state index in [1.165, 1.54) is 18.5 Å². The van der Waals surface area contributed by atoms with Gasteiger partial charge in [-0.15, -0.1) is 0 Å². The van der Waals surface area contributed by atoms with Crippen LogP contribution in [0, 0.1) is 21.7 Å². The van der Waals surface area contributed by atoms with Gasteiger partial charge in [-0.1, -0.05) is 0 Å². The van der Waals surface area contributed by atoms with Crippen LogP contribution in [0.3, 0.4) is 0 Å². The molecule has 9 heteroatoms. The average molecular weight is 355 g/mol. The van der Waals surface area contributed by atoms with Crippen molar-refractivity contribution in [2.24, 2.45) is 0 Å². The first-order valence-electron chi connectivity index (χ1n) is 8.02. The van der Waals surface area contributed by atoms with Crippen molar-refractivity contribution in [1.82, 2.24) is 19.1 Å². The van der Waals surface area contributed by atoms with Crippen LogP contribution in [0.5, 0.6) is 0 Å². The highest BCUT2D eigenvalue weighted by molar-refractivity contribution is 5.82. The van der Waals surface area contributed by atoms with E-state index in [0.717, 1.165) is 25.0 Å². The van der Waals surface area contributed by atoms with Gasteiger partial charge in [0.05, 0.1) is 27.0 Å². The normalized spacial score (nSPS) is 14.4. The molecule has 2 aromatic heterocycles. The maximum atomic E-state index is 13.7. The maximum absolute atomic E-state index is 13.7. The number of benzene rings is 2. The first-order chi connectivity index (χ1) is 12.5. The van der Waals surface area contributed by atoms with Crippen LogP contribution in [0.2, 0.25) is 0 Å². The van der Waals surface area contributed by atoms with Gasteiger partial charge >= 0.3 is 0 Å². The van der Waals surface area contributed by atoms with Gasteiger partial charge in [-0.05, 0) is 18.9 Å². The third kappa shape index (κ3) is 2.10. The molecular weight excluding hydrogens is 344 g/mol. The zero-order chi connectivity index (χ0) is 18.0. The van der Waals surface area contributed by atoms with Crippen LogP contribution in [0.25, 0.3) is 28.0 Å². The summed E-state index contributed by atoms with van der Waals surface area (Å²) >= 11 is 0. The molecule has 1 fully saturated rings. The van der Waals surface area contributed by atoms with Crippen LogP contribution in [0.15, 0.2) is 36.7 Å². The molecule has 4 aromatic rings. The Morgan fingerprint density at radius 1 is 1.08 bits per heavy atom. The van der Waals surface area contributed by atoms with E-state index in [2.05, 4.69) is 9.97 Å². The van der Waals surface area contributed by atoms with Gasteiger partial charge in [0, 0.05) is 30.3 Å². The Bertz CT molecular complexity index is 1210. The van der Waals surface area contributed by atoms with Gasteiger partial charge in [-0.25, -0.2) is 18.7 Å². The summed E-state index contributed by atoms with van der Waals surface area (Å²) in [5.41, 5.74) is 1.90. The number of fused-ring (bicyclic) bond motifs is 2. The molecule has 0 spiro atoms. The van der Waals surface area contributed by atoms with Crippen LogP contribution in [0.4, 0.5) is 14.5 Å². The molecule has 2 aromatic carbocycles. The molecule has 1 aliphatic carbocycles. The van der Waals surface area contributed by atoms with Crippen LogP contribution in [-0.4, -0.2) is 24.0 Å². The molecule has 0 radical (unpaired) electrons. The summed E-state index contributed by atoms with van der Waals surface area (Å²) in [5, 5.41) is 10.9. The number of nitro benzene ring substituents is 1. The predicted molar refractivity (Wildman–Crippen MR) is 89.2 cm³/mol. The zero-order valence-electron chi connectivity index (χ0n) is 13.3. The molecule has 0 atom stereocenters. The summed E-state index contributed by atoms with van der Waals surface area (Å²) in [6, 6.07) is 6.77. The third-order valence-corrected chi connectivity index (χ3v) is 4.58. The average Bonchev–Trinajstić information content (AvgIpc) is 3.26. The van der Waals surface area contributed by atoms with E-state index in [1.807, 2.05) is 4.57 Å². The van der Waals surface area contributed by atoms with E-state index in [0.29, 0.717) is 28.0 Å². The van der Waals surface area contributed by atoms with E-state index in [-0.39, 0.29) is 11.7 Å². The van der Waals surface area contributed by atoms with Crippen LogP contribution in [-0.2, 0) is 0 Å². The molecule has 0 bridgehead atoms. The summed E-state index contributed by atoms with van der Waals surface area (Å²) in [6.45, 7) is 0. The Balaban J connectivity index is 1.78. The van der Waals surface area contributed by atoms with Crippen molar-refractivity contribution in [1.29, 1.82) is 0 Å². The minimum absolute atomic E-state index is 0.0532. The van der Waals surface area contributed by atoms with E-state index in [9.17, 15) is 18.9 Å². The number of hydrogen-bond donors (Lipinski definition) is 0. The quantitative estimate of drug-likeness (QED) is 0.412. The van der Waals surface area contributed by atoms with E-state index in [1.54, 1.807) is 10.6 Å². The topological polar surface area (TPSA) is 78.8 Å². The molecule has 0 amide bonds. The van der Waals surface area contributed by atoms with Crippen molar-refractivity contribution in [2.45, 2.75) is 18.9 Å². The number of hydrogen-bond acceptors (Lipinski definition) is 4. The minimum Gasteiger partial charge on any atom is -0.306 e. The lowest BCUT2D eigenvalue weighted by Crippen LogP contribution is -2.05. The molecule has 7 nitrogen and oxygen atoms in total. The number of halogens is 2. The van der Waals surface area contributed by atoms with E-state index in [4.69, 9.17) is 0 Å². The molecule has 5 rings (SSSR count). The van der Waals surface area contributed by atoms with Gasteiger partial charge in [-0.3, -0.25) is 14.7 Å². The molecule has 0 saturated heterocycles. The van der Waals surface area contributed by atoms with Crippen molar-refractivity contribution in [3.8, 4) is 5.95 Å². The number of rotatable bonds is 3. The molecular formula is C17H11F2N5O2. The molecule has 2 heterocycles. The summed E-state index contributed by atoms with van der Waals surface area (Å²) in [6.07, 6.45) is 3.37. The lowest BCUT2D eigenvalue weighted by molar-refractivity contribution is -0.384. The fraction of sp³-hybridized carbons (Fsp3) is 0.176. The Hall–Kier alpha value is -3.36. The summed E-state index contributed by atoms with van der Waals surface area (Å²) in [4.78, 5) is 19.1. The highest BCUT2D eigenvalue weighted by Gasteiger charge is 2.30. The van der Waals surface area contributed by atoms with Gasteiger partial charge in [-0.2, -0.15) is 0 Å². The number of nitrogens with zero attached hydrogens (tertiary/aromatic N) is 5. The second-order valence-electron chi connectivity index (χ2n) is 6.31. The Kier molecular flexibility index (Phi) is 2.91. The Morgan fingerprint density at radius 3 is 2.58 bits per heavy atom. The van der Waals surface area contributed by atoms with E-state index >= 15 is 0 Å². The zero-order valence-corrected chi connectivity index (χ0v) is 13.3. The molecule has 0 unspecified atom stereocenters. The van der Waals surface area contributed by atoms with Crippen molar-refractivity contribution >= 4 is 27.8 Å². The number of nitro groups is 1. The molecule has 26 heavy (non-hydrogen) atoms. The van der Waals surface area contributed by atoms with Gasteiger partial charge in [0.25, 0.3) is 5.69 Å². The fourth-order valence-electron chi connectivity index (χ4n) is 3.21. The molecule has 1 aliphatic rings. The van der Waals surface area contributed by atoms with Gasteiger partial charge in [0.1, 0.15) is 6.33 Å². The summed E-state index contributed by atoms with van der Waals surface area (Å²) in [7, 11) is 0. The Labute approximate surface area is 144 Å². The summed E-state index contributed by atoms with van der Waals surface area (Å²) < 4.78 is 30.9. The first kappa shape index (κ1) is 14.9. The maximum Gasteiger partial charge on any atom is 0.271 e. The Morgan fingerprint density at radius 2 is 1.85 bits per heavy atom. The monoisotopic (exact) mass is 355 g/mol. The van der Waals surface area contributed by atoms with Gasteiger partial charge < -0.3 is 4.57 Å². The molecule has 1 saturated carbocycles. The number of aromatic nitrogens is 4. The van der Waals surface area contributed by atoms with Crippen molar-refractivity contribution in [2.75, 3.05) is 0 Å². The minimum atomic E-state index is -0.949. The largest absolute Gasteiger partial charge is 0.306 e. The van der Waals surface area contributed by atoms with E-state index < -0.39 is 16.6 Å². The van der Waals surface area contributed by atoms with Crippen LogP contribution >= 0.6 is 0 Å². The number of imidazole rings is 2. The van der Waals surface area contributed by atoms with Crippen LogP contribution < -0.4 is 0 Å². The molecule has 0 aliphatic heterocycles. The fourth-order valence-corrected chi connectivity index (χ4v) is 3.21. The first-order valence-corrected chi connectivity index (χ1v) is 8.02. The number of non-ortho nitro benzene ring substituents is 1. The van der Waals surface area contributed by atoms with Crippen LogP contribution in [0.1, 0.15) is 18.9 Å². The lowest BCUT2D eigenvalue weighted by atomic mass is 10.3. The standard InChI is InChI=1S/C17H11F2N5O2/c18-11-6-14-16(7-12(11)19)23(9-1-2-9)17(21-14)22-8-20-13-5-10(24(25)26)3-4-15(13)22/h3-9H,1-2H2. The second-order valence-corrected chi connectivity index (χ2v) is 6.31.